The van der Waals surface area contributed by atoms with Crippen LogP contribution in [0.3, 0.4) is 0 Å². The van der Waals surface area contributed by atoms with Crippen molar-refractivity contribution in [1.82, 2.24) is 15.1 Å². The van der Waals surface area contributed by atoms with Crippen molar-refractivity contribution in [2.75, 3.05) is 39.8 Å². The van der Waals surface area contributed by atoms with Crippen LogP contribution in [0.4, 0.5) is 4.79 Å². The molecule has 1 aromatic heterocycles. The Labute approximate surface area is 153 Å². The minimum atomic E-state index is -0.638. The Kier molecular flexibility index (Phi) is 6.14. The summed E-state index contributed by atoms with van der Waals surface area (Å²) < 4.78 is 10.4. The van der Waals surface area contributed by atoms with E-state index in [-0.39, 0.29) is 6.03 Å². The van der Waals surface area contributed by atoms with Gasteiger partial charge >= 0.3 is 6.03 Å². The number of methoxy groups -OCH3 is 1. The zero-order valence-electron chi connectivity index (χ0n) is 14.9. The first-order chi connectivity index (χ1) is 12.7. The number of ether oxygens (including phenoxy) is 1. The van der Waals surface area contributed by atoms with Gasteiger partial charge in [0.25, 0.3) is 0 Å². The molecule has 0 aliphatic carbocycles. The van der Waals surface area contributed by atoms with Crippen LogP contribution in [0, 0.1) is 0 Å². The van der Waals surface area contributed by atoms with Crippen LogP contribution in [0.1, 0.15) is 17.4 Å². The third-order valence-corrected chi connectivity index (χ3v) is 4.57. The molecule has 0 spiro atoms. The van der Waals surface area contributed by atoms with E-state index in [0.29, 0.717) is 31.9 Å². The second kappa shape index (κ2) is 8.73. The Hall–Kier alpha value is -2.51. The molecule has 1 aliphatic rings. The van der Waals surface area contributed by atoms with Crippen molar-refractivity contribution in [1.29, 1.82) is 0 Å². The summed E-state index contributed by atoms with van der Waals surface area (Å²) in [5.41, 5.74) is 1.03. The number of piperazine rings is 1. The van der Waals surface area contributed by atoms with Crippen molar-refractivity contribution in [3.63, 3.8) is 0 Å². The fourth-order valence-electron chi connectivity index (χ4n) is 2.98. The van der Waals surface area contributed by atoms with Gasteiger partial charge in [-0.15, -0.1) is 0 Å². The number of aliphatic hydroxyl groups is 1. The second-order valence-corrected chi connectivity index (χ2v) is 6.33. The average molecular weight is 359 g/mol. The number of rotatable bonds is 6. The molecule has 3 rings (SSSR count). The van der Waals surface area contributed by atoms with Gasteiger partial charge in [-0.2, -0.15) is 0 Å². The molecule has 1 aromatic carbocycles. The summed E-state index contributed by atoms with van der Waals surface area (Å²) in [6, 6.07) is 11.1. The van der Waals surface area contributed by atoms with Gasteiger partial charge in [0, 0.05) is 39.3 Å². The molecular weight excluding hydrogens is 334 g/mol. The zero-order chi connectivity index (χ0) is 18.4. The molecule has 0 saturated carbocycles. The Morgan fingerprint density at radius 3 is 2.58 bits per heavy atom. The molecule has 1 fully saturated rings. The van der Waals surface area contributed by atoms with Gasteiger partial charge in [-0.3, -0.25) is 4.90 Å². The molecule has 1 aliphatic heterocycles. The van der Waals surface area contributed by atoms with Crippen LogP contribution < -0.4 is 10.1 Å². The highest BCUT2D eigenvalue weighted by molar-refractivity contribution is 5.74. The number of β-amino-alcohol motifs (C(OH)–C–C–N with tert-alkyl or cyclic N) is 1. The molecule has 2 N–H and O–H groups in total. The highest BCUT2D eigenvalue weighted by Crippen LogP contribution is 2.16. The number of urea groups is 1. The number of furan rings is 1. The van der Waals surface area contributed by atoms with Gasteiger partial charge in [0.2, 0.25) is 0 Å². The molecule has 2 amide bonds. The maximum absolute atomic E-state index is 12.3. The highest BCUT2D eigenvalue weighted by atomic mass is 16.5. The van der Waals surface area contributed by atoms with E-state index in [0.717, 1.165) is 24.4 Å². The molecule has 0 unspecified atom stereocenters. The van der Waals surface area contributed by atoms with Crippen molar-refractivity contribution >= 4 is 6.03 Å². The molecule has 7 heteroatoms. The summed E-state index contributed by atoms with van der Waals surface area (Å²) in [5, 5.41) is 13.1. The molecule has 7 nitrogen and oxygen atoms in total. The van der Waals surface area contributed by atoms with E-state index in [1.807, 2.05) is 24.3 Å². The molecule has 26 heavy (non-hydrogen) atoms. The van der Waals surface area contributed by atoms with Crippen LogP contribution in [0.15, 0.2) is 47.1 Å². The third-order valence-electron chi connectivity index (χ3n) is 4.57. The predicted octanol–water partition coefficient (Wildman–Crippen LogP) is 1.85. The predicted molar refractivity (Wildman–Crippen MR) is 96.9 cm³/mol. The van der Waals surface area contributed by atoms with Crippen LogP contribution in [-0.2, 0) is 6.54 Å². The summed E-state index contributed by atoms with van der Waals surface area (Å²) in [6.07, 6.45) is 0.921. The number of carbonyl (C=O) groups is 1. The summed E-state index contributed by atoms with van der Waals surface area (Å²) in [7, 11) is 1.63. The van der Waals surface area contributed by atoms with E-state index in [1.165, 1.54) is 0 Å². The van der Waals surface area contributed by atoms with E-state index in [4.69, 9.17) is 9.15 Å². The lowest BCUT2D eigenvalue weighted by Crippen LogP contribution is -2.52. The number of benzene rings is 1. The van der Waals surface area contributed by atoms with Gasteiger partial charge in [0.1, 0.15) is 17.6 Å². The normalized spacial score (nSPS) is 16.3. The van der Waals surface area contributed by atoms with Crippen LogP contribution in [0.25, 0.3) is 0 Å². The smallest absolute Gasteiger partial charge is 0.317 e. The maximum Gasteiger partial charge on any atom is 0.317 e. The Balaban J connectivity index is 1.40. The van der Waals surface area contributed by atoms with Crippen molar-refractivity contribution in [3.8, 4) is 5.75 Å². The van der Waals surface area contributed by atoms with Gasteiger partial charge in [-0.05, 0) is 29.8 Å². The first-order valence-electron chi connectivity index (χ1n) is 8.75. The molecule has 1 saturated heterocycles. The molecule has 140 valence electrons. The van der Waals surface area contributed by atoms with Crippen molar-refractivity contribution in [2.24, 2.45) is 0 Å². The zero-order valence-corrected chi connectivity index (χ0v) is 14.9. The fraction of sp³-hybridized carbons (Fsp3) is 0.421. The first-order valence-corrected chi connectivity index (χ1v) is 8.75. The number of nitrogens with zero attached hydrogens (tertiary/aromatic N) is 2. The molecule has 0 radical (unpaired) electrons. The quantitative estimate of drug-likeness (QED) is 0.823. The lowest BCUT2D eigenvalue weighted by Gasteiger charge is -2.35. The van der Waals surface area contributed by atoms with Crippen LogP contribution >= 0.6 is 0 Å². The molecule has 2 heterocycles. The van der Waals surface area contributed by atoms with Gasteiger partial charge < -0.3 is 24.5 Å². The van der Waals surface area contributed by atoms with Crippen LogP contribution in [0.2, 0.25) is 0 Å². The number of aliphatic hydroxyl groups excluding tert-OH is 1. The molecule has 1 atom stereocenters. The topological polar surface area (TPSA) is 78.2 Å². The largest absolute Gasteiger partial charge is 0.497 e. The number of hydrogen-bond acceptors (Lipinski definition) is 5. The van der Waals surface area contributed by atoms with E-state index in [9.17, 15) is 9.90 Å². The summed E-state index contributed by atoms with van der Waals surface area (Å²) in [4.78, 5) is 16.3. The van der Waals surface area contributed by atoms with E-state index >= 15 is 0 Å². The second-order valence-electron chi connectivity index (χ2n) is 6.33. The van der Waals surface area contributed by atoms with Crippen molar-refractivity contribution in [3.05, 3.63) is 54.0 Å². The van der Waals surface area contributed by atoms with E-state index < -0.39 is 6.10 Å². The first kappa shape index (κ1) is 18.3. The van der Waals surface area contributed by atoms with Crippen LogP contribution in [0.5, 0.6) is 5.75 Å². The highest BCUT2D eigenvalue weighted by Gasteiger charge is 2.23. The summed E-state index contributed by atoms with van der Waals surface area (Å²) in [5.74, 6) is 1.37. The Morgan fingerprint density at radius 2 is 1.96 bits per heavy atom. The lowest BCUT2D eigenvalue weighted by atomic mass is 10.2. The van der Waals surface area contributed by atoms with Gasteiger partial charge in [0.05, 0.1) is 13.4 Å². The molecule has 2 aromatic rings. The number of carbonyl (C=O) groups excluding carboxylic acids is 1. The summed E-state index contributed by atoms with van der Waals surface area (Å²) >= 11 is 0. The maximum atomic E-state index is 12.3. The van der Waals surface area contributed by atoms with E-state index in [1.54, 1.807) is 30.4 Å². The van der Waals surface area contributed by atoms with Crippen molar-refractivity contribution < 1.29 is 19.1 Å². The van der Waals surface area contributed by atoms with Gasteiger partial charge in [0.15, 0.2) is 0 Å². The lowest BCUT2D eigenvalue weighted by molar-refractivity contribution is 0.0691. The SMILES string of the molecule is COc1ccc(CNC(=O)N2CCN(C[C@H](O)c3ccco3)CC2)cc1. The number of hydrogen-bond donors (Lipinski definition) is 2. The summed E-state index contributed by atoms with van der Waals surface area (Å²) in [6.45, 7) is 3.73. The van der Waals surface area contributed by atoms with E-state index in [2.05, 4.69) is 10.2 Å². The number of amides is 2. The van der Waals surface area contributed by atoms with Crippen LogP contribution in [-0.4, -0.2) is 60.8 Å². The monoisotopic (exact) mass is 359 g/mol. The number of nitrogens with one attached hydrogen (secondary N) is 1. The van der Waals surface area contributed by atoms with Crippen molar-refractivity contribution in [2.45, 2.75) is 12.6 Å². The molecular formula is C19H25N3O4. The van der Waals surface area contributed by atoms with Gasteiger partial charge in [-0.1, -0.05) is 12.1 Å². The minimum absolute atomic E-state index is 0.0629. The third kappa shape index (κ3) is 4.77. The Morgan fingerprint density at radius 1 is 1.23 bits per heavy atom. The standard InChI is InChI=1S/C19H25N3O4/c1-25-16-6-4-15(5-7-16)13-20-19(24)22-10-8-21(9-11-22)14-17(23)18-3-2-12-26-18/h2-7,12,17,23H,8-11,13-14H2,1H3,(H,20,24)/t17-/m0/s1. The Bertz CT molecular complexity index is 679. The van der Waals surface area contributed by atoms with Gasteiger partial charge in [-0.25, -0.2) is 4.79 Å². The molecule has 0 bridgehead atoms. The minimum Gasteiger partial charge on any atom is -0.497 e. The average Bonchev–Trinajstić information content (AvgIpc) is 3.22. The fourth-order valence-corrected chi connectivity index (χ4v) is 2.98.